The zero-order valence-electron chi connectivity index (χ0n) is 11.7. The quantitative estimate of drug-likeness (QED) is 0.794. The molecule has 0 aliphatic carbocycles. The van der Waals surface area contributed by atoms with Crippen molar-refractivity contribution in [1.29, 1.82) is 0 Å². The smallest absolute Gasteiger partial charge is 0.148 e. The monoisotopic (exact) mass is 351 g/mol. The Morgan fingerprint density at radius 1 is 1.37 bits per heavy atom. The summed E-state index contributed by atoms with van der Waals surface area (Å²) >= 11 is 9.08. The highest BCUT2D eigenvalue weighted by Gasteiger charge is 2.39. The number of aliphatic hydroxyl groups excluding tert-OH is 1. The lowest BCUT2D eigenvalue weighted by Gasteiger charge is -2.42. The lowest BCUT2D eigenvalue weighted by molar-refractivity contribution is -0.0168. The zero-order valence-corrected chi connectivity index (χ0v) is 14.0. The van der Waals surface area contributed by atoms with Crippen LogP contribution in [0.3, 0.4) is 0 Å². The minimum Gasteiger partial charge on any atom is -0.386 e. The number of halogens is 3. The Bertz CT molecular complexity index is 449. The summed E-state index contributed by atoms with van der Waals surface area (Å²) in [6.45, 7) is 3.98. The summed E-state index contributed by atoms with van der Waals surface area (Å²) in [7, 11) is 3.79. The average Bonchev–Trinajstić information content (AvgIpc) is 2.37. The molecule has 1 atom stereocenters. The Labute approximate surface area is 127 Å². The van der Waals surface area contributed by atoms with E-state index in [0.717, 1.165) is 0 Å². The van der Waals surface area contributed by atoms with Crippen molar-refractivity contribution in [1.82, 2.24) is 4.90 Å². The SMILES string of the molecule is CCC(CC)(C(O)c1ccc(Br)c(Cl)c1F)N(C)C. The van der Waals surface area contributed by atoms with Gasteiger partial charge >= 0.3 is 0 Å². The number of nitrogens with zero attached hydrogens (tertiary/aromatic N) is 1. The number of hydrogen-bond donors (Lipinski definition) is 1. The van der Waals surface area contributed by atoms with Gasteiger partial charge in [0.1, 0.15) is 11.9 Å². The van der Waals surface area contributed by atoms with E-state index in [4.69, 9.17) is 11.6 Å². The number of likely N-dealkylation sites (N-methyl/N-ethyl adjacent to an activating group) is 1. The summed E-state index contributed by atoms with van der Waals surface area (Å²) in [5, 5.41) is 10.7. The molecule has 5 heteroatoms. The lowest BCUT2D eigenvalue weighted by atomic mass is 9.81. The van der Waals surface area contributed by atoms with Crippen LogP contribution in [0, 0.1) is 5.82 Å². The average molecular weight is 353 g/mol. The van der Waals surface area contributed by atoms with Crippen LogP contribution in [-0.4, -0.2) is 29.6 Å². The molecular formula is C14H20BrClFNO. The fourth-order valence-electron chi connectivity index (χ4n) is 2.56. The molecule has 1 rings (SSSR count). The molecule has 1 N–H and O–H groups in total. The second kappa shape index (κ2) is 6.53. The standard InChI is InChI=1S/C14H20BrClFNO/c1-5-14(6-2,18(3)4)13(19)9-7-8-10(15)11(16)12(9)17/h7-8,13,19H,5-6H2,1-4H3. The molecule has 0 amide bonds. The van der Waals surface area contributed by atoms with Crippen LogP contribution in [0.2, 0.25) is 5.02 Å². The van der Waals surface area contributed by atoms with Crippen LogP contribution in [0.5, 0.6) is 0 Å². The molecule has 0 saturated heterocycles. The van der Waals surface area contributed by atoms with E-state index in [1.54, 1.807) is 12.1 Å². The van der Waals surface area contributed by atoms with Crippen molar-refractivity contribution in [2.24, 2.45) is 0 Å². The number of benzene rings is 1. The van der Waals surface area contributed by atoms with Gasteiger partial charge in [0.2, 0.25) is 0 Å². The molecule has 19 heavy (non-hydrogen) atoms. The van der Waals surface area contributed by atoms with Gasteiger partial charge < -0.3 is 10.0 Å². The Morgan fingerprint density at radius 2 is 1.89 bits per heavy atom. The van der Waals surface area contributed by atoms with Gasteiger partial charge in [-0.2, -0.15) is 0 Å². The van der Waals surface area contributed by atoms with Gasteiger partial charge in [0, 0.05) is 10.0 Å². The molecule has 0 bridgehead atoms. The van der Waals surface area contributed by atoms with E-state index < -0.39 is 17.5 Å². The van der Waals surface area contributed by atoms with Crippen LogP contribution >= 0.6 is 27.5 Å². The van der Waals surface area contributed by atoms with Crippen molar-refractivity contribution in [2.75, 3.05) is 14.1 Å². The third-order valence-electron chi connectivity index (χ3n) is 3.98. The van der Waals surface area contributed by atoms with Crippen molar-refractivity contribution in [3.05, 3.63) is 33.0 Å². The van der Waals surface area contributed by atoms with Gasteiger partial charge in [0.25, 0.3) is 0 Å². The topological polar surface area (TPSA) is 23.5 Å². The second-order valence-corrected chi connectivity index (χ2v) is 6.10. The van der Waals surface area contributed by atoms with Gasteiger partial charge in [-0.1, -0.05) is 31.5 Å². The highest BCUT2D eigenvalue weighted by atomic mass is 79.9. The predicted molar refractivity (Wildman–Crippen MR) is 81.1 cm³/mol. The molecule has 0 heterocycles. The van der Waals surface area contributed by atoms with Crippen LogP contribution < -0.4 is 0 Å². The molecule has 1 unspecified atom stereocenters. The summed E-state index contributed by atoms with van der Waals surface area (Å²) < 4.78 is 14.7. The third-order valence-corrected chi connectivity index (χ3v) is 5.24. The largest absolute Gasteiger partial charge is 0.386 e. The van der Waals surface area contributed by atoms with Crippen molar-refractivity contribution < 1.29 is 9.50 Å². The highest BCUT2D eigenvalue weighted by Crippen LogP contribution is 2.39. The third kappa shape index (κ3) is 2.97. The first-order chi connectivity index (χ1) is 8.81. The molecule has 0 aromatic heterocycles. The molecular weight excluding hydrogens is 333 g/mol. The molecule has 0 saturated carbocycles. The number of hydrogen-bond acceptors (Lipinski definition) is 2. The molecule has 0 radical (unpaired) electrons. The maximum Gasteiger partial charge on any atom is 0.148 e. The summed E-state index contributed by atoms with van der Waals surface area (Å²) in [6, 6.07) is 3.25. The maximum atomic E-state index is 14.2. The summed E-state index contributed by atoms with van der Waals surface area (Å²) in [5.41, 5.74) is -0.261. The molecule has 0 spiro atoms. The summed E-state index contributed by atoms with van der Waals surface area (Å²) in [5.74, 6) is -0.559. The Kier molecular flexibility index (Phi) is 5.80. The Balaban J connectivity index is 3.32. The van der Waals surface area contributed by atoms with E-state index in [1.165, 1.54) is 0 Å². The van der Waals surface area contributed by atoms with Gasteiger partial charge in [-0.15, -0.1) is 0 Å². The summed E-state index contributed by atoms with van der Waals surface area (Å²) in [6.07, 6.45) is 0.498. The maximum absolute atomic E-state index is 14.2. The van der Waals surface area contributed by atoms with E-state index in [1.807, 2.05) is 32.8 Å². The van der Waals surface area contributed by atoms with Gasteiger partial charge in [-0.25, -0.2) is 4.39 Å². The van der Waals surface area contributed by atoms with Crippen molar-refractivity contribution in [2.45, 2.75) is 38.3 Å². The normalized spacial score (nSPS) is 13.9. The molecule has 1 aromatic carbocycles. The van der Waals surface area contributed by atoms with Crippen molar-refractivity contribution in [3.8, 4) is 0 Å². The summed E-state index contributed by atoms with van der Waals surface area (Å²) in [4.78, 5) is 1.95. The fraction of sp³-hybridized carbons (Fsp3) is 0.571. The number of rotatable bonds is 5. The van der Waals surface area contributed by atoms with Crippen LogP contribution in [0.15, 0.2) is 16.6 Å². The van der Waals surface area contributed by atoms with Crippen LogP contribution in [-0.2, 0) is 0 Å². The van der Waals surface area contributed by atoms with Crippen LogP contribution in [0.1, 0.15) is 38.4 Å². The molecule has 0 fully saturated rings. The van der Waals surface area contributed by atoms with Gasteiger partial charge in [-0.3, -0.25) is 0 Å². The van der Waals surface area contributed by atoms with Crippen LogP contribution in [0.4, 0.5) is 4.39 Å². The number of aliphatic hydroxyl groups is 1. The Hall–Kier alpha value is -0.160. The van der Waals surface area contributed by atoms with E-state index in [2.05, 4.69) is 15.9 Å². The van der Waals surface area contributed by atoms with Crippen molar-refractivity contribution in [3.63, 3.8) is 0 Å². The van der Waals surface area contributed by atoms with Gasteiger partial charge in [0.05, 0.1) is 10.6 Å². The molecule has 0 aliphatic rings. The minimum absolute atomic E-state index is 0.0106. The van der Waals surface area contributed by atoms with E-state index >= 15 is 0 Å². The second-order valence-electron chi connectivity index (χ2n) is 4.87. The first-order valence-corrected chi connectivity index (χ1v) is 7.47. The van der Waals surface area contributed by atoms with Gasteiger partial charge in [0.15, 0.2) is 0 Å². The molecule has 0 aliphatic heterocycles. The van der Waals surface area contributed by atoms with Crippen LogP contribution in [0.25, 0.3) is 0 Å². The van der Waals surface area contributed by atoms with Crippen molar-refractivity contribution >= 4 is 27.5 Å². The molecule has 108 valence electrons. The zero-order chi connectivity index (χ0) is 14.8. The molecule has 1 aromatic rings. The fourth-order valence-corrected chi connectivity index (χ4v) is 3.03. The van der Waals surface area contributed by atoms with Gasteiger partial charge in [-0.05, 0) is 48.9 Å². The first kappa shape index (κ1) is 16.9. The van der Waals surface area contributed by atoms with E-state index in [9.17, 15) is 9.50 Å². The molecule has 2 nitrogen and oxygen atoms in total. The highest BCUT2D eigenvalue weighted by molar-refractivity contribution is 9.10. The first-order valence-electron chi connectivity index (χ1n) is 6.30. The lowest BCUT2D eigenvalue weighted by Crippen LogP contribution is -2.48. The minimum atomic E-state index is -0.928. The van der Waals surface area contributed by atoms with E-state index in [0.29, 0.717) is 17.3 Å². The van der Waals surface area contributed by atoms with E-state index in [-0.39, 0.29) is 10.6 Å². The predicted octanol–water partition coefficient (Wildman–Crippen LogP) is 4.40. The Morgan fingerprint density at radius 3 is 2.32 bits per heavy atom.